The zero-order valence-corrected chi connectivity index (χ0v) is 14.8. The van der Waals surface area contributed by atoms with Gasteiger partial charge < -0.3 is 14.6 Å². The van der Waals surface area contributed by atoms with Crippen LogP contribution in [0.4, 0.5) is 0 Å². The number of fused-ring (bicyclic) bond motifs is 1. The second-order valence-corrected chi connectivity index (χ2v) is 6.55. The normalized spacial score (nSPS) is 17.0. The summed E-state index contributed by atoms with van der Waals surface area (Å²) in [6, 6.07) is 4.71. The minimum Gasteiger partial charge on any atom is -0.504 e. The van der Waals surface area contributed by atoms with Crippen molar-refractivity contribution in [3.8, 4) is 17.2 Å². The number of thiophene rings is 1. The van der Waals surface area contributed by atoms with Crippen molar-refractivity contribution in [1.82, 2.24) is 0 Å². The number of hydrogen-bond acceptors (Lipinski definition) is 6. The van der Waals surface area contributed by atoms with Crippen LogP contribution < -0.4 is 9.47 Å². The molecule has 130 valence electrons. The van der Waals surface area contributed by atoms with E-state index in [1.54, 1.807) is 13.0 Å². The Kier molecular flexibility index (Phi) is 4.90. The summed E-state index contributed by atoms with van der Waals surface area (Å²) in [5.41, 5.74) is 1.62. The molecule has 0 aliphatic carbocycles. The van der Waals surface area contributed by atoms with Crippen LogP contribution in [0.1, 0.15) is 48.7 Å². The second-order valence-electron chi connectivity index (χ2n) is 5.77. The van der Waals surface area contributed by atoms with Gasteiger partial charge in [0.2, 0.25) is 5.75 Å². The molecule has 0 radical (unpaired) electrons. The van der Waals surface area contributed by atoms with Gasteiger partial charge in [0.15, 0.2) is 17.3 Å². The minimum atomic E-state index is -0.584. The summed E-state index contributed by atoms with van der Waals surface area (Å²) in [6.45, 7) is 3.55. The quantitative estimate of drug-likeness (QED) is 0.497. The average molecular weight is 358 g/mol. The molecule has 1 atom stereocenters. The Bertz CT molecular complexity index is 836. The van der Waals surface area contributed by atoms with Gasteiger partial charge in [0.05, 0.1) is 12.0 Å². The molecular formula is C19H18O5S. The van der Waals surface area contributed by atoms with Crippen molar-refractivity contribution in [2.24, 2.45) is 0 Å². The molecule has 1 aliphatic heterocycles. The molecule has 1 aliphatic rings. The highest BCUT2D eigenvalue weighted by Crippen LogP contribution is 2.46. The molecule has 1 aromatic heterocycles. The average Bonchev–Trinajstić information content (AvgIpc) is 3.12. The molecular weight excluding hydrogens is 340 g/mol. The van der Waals surface area contributed by atoms with Gasteiger partial charge in [0.1, 0.15) is 6.10 Å². The number of esters is 1. The van der Waals surface area contributed by atoms with Crippen LogP contribution in [0.3, 0.4) is 0 Å². The van der Waals surface area contributed by atoms with Crippen LogP contribution in [0, 0.1) is 0 Å². The summed E-state index contributed by atoms with van der Waals surface area (Å²) >= 11 is 1.51. The number of carbonyl (C=O) groups is 2. The summed E-state index contributed by atoms with van der Waals surface area (Å²) in [5.74, 6) is -0.935. The van der Waals surface area contributed by atoms with E-state index >= 15 is 0 Å². The Morgan fingerprint density at radius 1 is 1.44 bits per heavy atom. The standard InChI is InChI=1S/C19H18O5S/c1-3-4-11(2)19(22)24-18-14(20)6-5-13-15(21)9-16(23-17(13)18)12-7-8-25-10-12/h4-8,10,16,20H,3,9H2,1-2H3. The number of ether oxygens (including phenoxy) is 2. The molecule has 1 N–H and O–H groups in total. The fourth-order valence-corrected chi connectivity index (χ4v) is 3.36. The van der Waals surface area contributed by atoms with E-state index in [-0.39, 0.29) is 29.5 Å². The van der Waals surface area contributed by atoms with Crippen molar-refractivity contribution in [2.75, 3.05) is 0 Å². The highest BCUT2D eigenvalue weighted by molar-refractivity contribution is 7.07. The Morgan fingerprint density at radius 2 is 2.24 bits per heavy atom. The summed E-state index contributed by atoms with van der Waals surface area (Å²) in [7, 11) is 0. The fraction of sp³-hybridized carbons (Fsp3) is 0.263. The van der Waals surface area contributed by atoms with E-state index in [2.05, 4.69) is 0 Å². The lowest BCUT2D eigenvalue weighted by atomic mass is 9.97. The fourth-order valence-electron chi connectivity index (χ4n) is 2.66. The van der Waals surface area contributed by atoms with E-state index < -0.39 is 12.1 Å². The smallest absolute Gasteiger partial charge is 0.339 e. The maximum absolute atomic E-state index is 12.5. The number of carbonyl (C=O) groups excluding carboxylic acids is 2. The van der Waals surface area contributed by atoms with Gasteiger partial charge in [-0.25, -0.2) is 4.79 Å². The SMILES string of the molecule is CCC=C(C)C(=O)Oc1c(O)ccc2c1OC(c1ccsc1)CC2=O. The van der Waals surface area contributed by atoms with Gasteiger partial charge in [0.25, 0.3) is 0 Å². The molecule has 0 saturated carbocycles. The zero-order chi connectivity index (χ0) is 18.0. The van der Waals surface area contributed by atoms with E-state index in [0.717, 1.165) is 5.56 Å². The molecule has 0 amide bonds. The molecule has 2 heterocycles. The molecule has 0 fully saturated rings. The van der Waals surface area contributed by atoms with Crippen molar-refractivity contribution < 1.29 is 24.2 Å². The maximum atomic E-state index is 12.5. The highest BCUT2D eigenvalue weighted by atomic mass is 32.1. The number of allylic oxidation sites excluding steroid dienone is 1. The molecule has 5 nitrogen and oxygen atoms in total. The summed E-state index contributed by atoms with van der Waals surface area (Å²) in [4.78, 5) is 24.7. The largest absolute Gasteiger partial charge is 0.504 e. The number of aromatic hydroxyl groups is 1. The van der Waals surface area contributed by atoms with Crippen LogP contribution in [0.25, 0.3) is 0 Å². The maximum Gasteiger partial charge on any atom is 0.339 e. The number of rotatable bonds is 4. The number of benzene rings is 1. The summed E-state index contributed by atoms with van der Waals surface area (Å²) in [6.07, 6.45) is 2.17. The molecule has 25 heavy (non-hydrogen) atoms. The molecule has 1 unspecified atom stereocenters. The van der Waals surface area contributed by atoms with E-state index in [4.69, 9.17) is 9.47 Å². The van der Waals surface area contributed by atoms with E-state index in [9.17, 15) is 14.7 Å². The van der Waals surface area contributed by atoms with Gasteiger partial charge >= 0.3 is 5.97 Å². The molecule has 2 aromatic rings. The number of ketones is 1. The van der Waals surface area contributed by atoms with Crippen LogP contribution in [-0.2, 0) is 4.79 Å². The van der Waals surface area contributed by atoms with Crippen LogP contribution in [-0.4, -0.2) is 16.9 Å². The number of hydrogen-bond donors (Lipinski definition) is 1. The first kappa shape index (κ1) is 17.2. The van der Waals surface area contributed by atoms with Crippen LogP contribution in [0.15, 0.2) is 40.6 Å². The third kappa shape index (κ3) is 3.44. The van der Waals surface area contributed by atoms with E-state index in [1.807, 2.05) is 23.8 Å². The molecule has 0 spiro atoms. The third-order valence-electron chi connectivity index (χ3n) is 3.96. The monoisotopic (exact) mass is 358 g/mol. The lowest BCUT2D eigenvalue weighted by Crippen LogP contribution is -2.21. The molecule has 0 saturated heterocycles. The predicted octanol–water partition coefficient (Wildman–Crippen LogP) is 4.42. The second kappa shape index (κ2) is 7.11. The lowest BCUT2D eigenvalue weighted by Gasteiger charge is -2.26. The number of phenols is 1. The summed E-state index contributed by atoms with van der Waals surface area (Å²) < 4.78 is 11.3. The number of Topliss-reactive ketones (excluding diaryl/α,β-unsaturated/α-hetero) is 1. The van der Waals surface area contributed by atoms with Gasteiger partial charge in [-0.05, 0) is 42.3 Å². The Labute approximate surface area is 149 Å². The van der Waals surface area contributed by atoms with Crippen molar-refractivity contribution in [3.05, 3.63) is 51.7 Å². The molecule has 6 heteroatoms. The molecule has 1 aromatic carbocycles. The van der Waals surface area contributed by atoms with Gasteiger partial charge in [-0.2, -0.15) is 11.3 Å². The number of phenolic OH excluding ortho intramolecular Hbond substituents is 1. The zero-order valence-electron chi connectivity index (χ0n) is 13.9. The highest BCUT2D eigenvalue weighted by Gasteiger charge is 2.32. The van der Waals surface area contributed by atoms with Crippen LogP contribution in [0.2, 0.25) is 0 Å². The molecule has 3 rings (SSSR count). The topological polar surface area (TPSA) is 72.8 Å². The van der Waals surface area contributed by atoms with E-state index in [1.165, 1.54) is 23.5 Å². The van der Waals surface area contributed by atoms with Gasteiger partial charge in [-0.15, -0.1) is 0 Å². The molecule has 0 bridgehead atoms. The third-order valence-corrected chi connectivity index (χ3v) is 4.67. The Morgan fingerprint density at radius 3 is 2.92 bits per heavy atom. The Balaban J connectivity index is 1.98. The summed E-state index contributed by atoms with van der Waals surface area (Å²) in [5, 5.41) is 14.0. The van der Waals surface area contributed by atoms with Gasteiger partial charge in [-0.3, -0.25) is 4.79 Å². The van der Waals surface area contributed by atoms with Gasteiger partial charge in [-0.1, -0.05) is 13.0 Å². The van der Waals surface area contributed by atoms with Crippen LogP contribution >= 0.6 is 11.3 Å². The first-order chi connectivity index (χ1) is 12.0. The van der Waals surface area contributed by atoms with Crippen molar-refractivity contribution in [3.63, 3.8) is 0 Å². The first-order valence-electron chi connectivity index (χ1n) is 7.98. The minimum absolute atomic E-state index is 0.111. The van der Waals surface area contributed by atoms with Gasteiger partial charge in [0, 0.05) is 11.1 Å². The predicted molar refractivity (Wildman–Crippen MR) is 94.4 cm³/mol. The van der Waals surface area contributed by atoms with Crippen molar-refractivity contribution in [2.45, 2.75) is 32.8 Å². The van der Waals surface area contributed by atoms with Crippen molar-refractivity contribution in [1.29, 1.82) is 0 Å². The van der Waals surface area contributed by atoms with E-state index in [0.29, 0.717) is 17.6 Å². The van der Waals surface area contributed by atoms with Crippen molar-refractivity contribution >= 4 is 23.1 Å². The first-order valence-corrected chi connectivity index (χ1v) is 8.92. The van der Waals surface area contributed by atoms with Crippen LogP contribution in [0.5, 0.6) is 17.2 Å². The lowest BCUT2D eigenvalue weighted by molar-refractivity contribution is -0.130. The Hall–Kier alpha value is -2.60.